The van der Waals surface area contributed by atoms with Gasteiger partial charge in [-0.3, -0.25) is 9.59 Å². The first-order chi connectivity index (χ1) is 16.1. The molecule has 4 aliphatic rings. The first-order valence-electron chi connectivity index (χ1n) is 11.1. The van der Waals surface area contributed by atoms with Gasteiger partial charge >= 0.3 is 0 Å². The lowest BCUT2D eigenvalue weighted by Crippen LogP contribution is -2.54. The molecule has 1 fully saturated rings. The summed E-state index contributed by atoms with van der Waals surface area (Å²) in [6.07, 6.45) is 1.45. The predicted molar refractivity (Wildman–Crippen MR) is 123 cm³/mol. The Bertz CT molecular complexity index is 1280. The SMILES string of the molecule is CCOc1ccccc1N1C(=O)[C@H]2C3c4ccccc4C(/C=N\O)(c4ccccc43)[C@H]2C1=O. The molecular weight excluding hydrogens is 416 g/mol. The van der Waals surface area contributed by atoms with Gasteiger partial charge in [0.05, 0.1) is 35.8 Å². The highest BCUT2D eigenvalue weighted by molar-refractivity contribution is 6.25. The number of ether oxygens (including phenoxy) is 1. The number of oxime groups is 1. The van der Waals surface area contributed by atoms with Gasteiger partial charge in [-0.1, -0.05) is 60.7 Å². The van der Waals surface area contributed by atoms with Gasteiger partial charge in [-0.2, -0.15) is 0 Å². The molecule has 7 rings (SSSR count). The van der Waals surface area contributed by atoms with Gasteiger partial charge in [-0.15, -0.1) is 5.16 Å². The first kappa shape index (κ1) is 19.7. The molecule has 0 radical (unpaired) electrons. The van der Waals surface area contributed by atoms with Gasteiger partial charge in [-0.05, 0) is 41.3 Å². The molecule has 6 nitrogen and oxygen atoms in total. The summed E-state index contributed by atoms with van der Waals surface area (Å²) in [5, 5.41) is 13.2. The quantitative estimate of drug-likeness (QED) is 0.288. The molecule has 2 atom stereocenters. The Morgan fingerprint density at radius 1 is 0.939 bits per heavy atom. The molecule has 3 aromatic carbocycles. The molecule has 1 aliphatic heterocycles. The molecule has 0 aromatic heterocycles. The lowest BCUT2D eigenvalue weighted by Gasteiger charge is -2.52. The Morgan fingerprint density at radius 3 is 2.18 bits per heavy atom. The van der Waals surface area contributed by atoms with Crippen molar-refractivity contribution in [2.24, 2.45) is 17.0 Å². The number of para-hydroxylation sites is 2. The third-order valence-corrected chi connectivity index (χ3v) is 7.35. The molecule has 1 N–H and O–H groups in total. The van der Waals surface area contributed by atoms with E-state index in [4.69, 9.17) is 4.74 Å². The molecule has 0 unspecified atom stereocenters. The standard InChI is InChI=1S/C27H22N2O4/c1-2-33-21-14-8-7-13-20(21)29-25(30)23-22-16-9-3-5-11-18(16)27(15-28-32,24(23)26(29)31)19-12-6-4-10-17(19)22/h3-15,22-24,32H,2H2,1H3/b28-15-/t22?,23-,24+,27?/m0/s1. The summed E-state index contributed by atoms with van der Waals surface area (Å²) in [5.41, 5.74) is 3.23. The summed E-state index contributed by atoms with van der Waals surface area (Å²) < 4.78 is 5.75. The van der Waals surface area contributed by atoms with Crippen molar-refractivity contribution in [3.05, 3.63) is 95.1 Å². The first-order valence-corrected chi connectivity index (χ1v) is 11.1. The Balaban J connectivity index is 1.63. The van der Waals surface area contributed by atoms with Crippen LogP contribution in [0.3, 0.4) is 0 Å². The topological polar surface area (TPSA) is 79.2 Å². The highest BCUT2D eigenvalue weighted by Gasteiger charge is 2.68. The van der Waals surface area contributed by atoms with Crippen LogP contribution in [0, 0.1) is 11.8 Å². The average molecular weight is 438 g/mol. The van der Waals surface area contributed by atoms with Crippen LogP contribution in [0.1, 0.15) is 35.1 Å². The van der Waals surface area contributed by atoms with E-state index >= 15 is 0 Å². The van der Waals surface area contributed by atoms with Crippen LogP contribution >= 0.6 is 0 Å². The number of anilines is 1. The van der Waals surface area contributed by atoms with Crippen molar-refractivity contribution in [1.29, 1.82) is 0 Å². The number of nitrogens with zero attached hydrogens (tertiary/aromatic N) is 2. The third kappa shape index (κ3) is 2.35. The van der Waals surface area contributed by atoms with Gasteiger partial charge in [0.25, 0.3) is 0 Å². The number of amides is 2. The van der Waals surface area contributed by atoms with Gasteiger partial charge in [0.15, 0.2) is 0 Å². The Morgan fingerprint density at radius 2 is 1.55 bits per heavy atom. The molecule has 0 spiro atoms. The number of rotatable bonds is 4. The van der Waals surface area contributed by atoms with E-state index in [1.165, 1.54) is 11.1 Å². The second-order valence-electron chi connectivity index (χ2n) is 8.68. The molecule has 164 valence electrons. The van der Waals surface area contributed by atoms with Gasteiger partial charge < -0.3 is 9.94 Å². The van der Waals surface area contributed by atoms with Crippen molar-refractivity contribution in [2.75, 3.05) is 11.5 Å². The molecule has 0 saturated carbocycles. The van der Waals surface area contributed by atoms with Crippen LogP contribution in [0.15, 0.2) is 78.0 Å². The zero-order chi connectivity index (χ0) is 22.7. The van der Waals surface area contributed by atoms with Crippen molar-refractivity contribution in [1.82, 2.24) is 0 Å². The fraction of sp³-hybridized carbons (Fsp3) is 0.222. The minimum atomic E-state index is -1.04. The Labute approximate surface area is 191 Å². The number of benzene rings is 3. The minimum Gasteiger partial charge on any atom is -0.492 e. The molecule has 3 aliphatic carbocycles. The molecule has 6 heteroatoms. The summed E-state index contributed by atoms with van der Waals surface area (Å²) in [6.45, 7) is 2.28. The van der Waals surface area contributed by atoms with Crippen LogP contribution in [0.2, 0.25) is 0 Å². The second kappa shape index (κ2) is 7.04. The van der Waals surface area contributed by atoms with Crippen molar-refractivity contribution in [3.8, 4) is 5.75 Å². The molecule has 2 bridgehead atoms. The zero-order valence-electron chi connectivity index (χ0n) is 18.0. The largest absolute Gasteiger partial charge is 0.492 e. The van der Waals surface area contributed by atoms with Crippen LogP contribution in [0.4, 0.5) is 5.69 Å². The predicted octanol–water partition coefficient (Wildman–Crippen LogP) is 4.10. The van der Waals surface area contributed by atoms with E-state index in [9.17, 15) is 14.8 Å². The van der Waals surface area contributed by atoms with Crippen molar-refractivity contribution in [3.63, 3.8) is 0 Å². The minimum absolute atomic E-state index is 0.248. The molecule has 3 aromatic rings. The highest BCUT2D eigenvalue weighted by atomic mass is 16.5. The Kier molecular flexibility index (Phi) is 4.21. The number of hydrogen-bond acceptors (Lipinski definition) is 5. The molecule has 1 heterocycles. The van der Waals surface area contributed by atoms with Crippen LogP contribution < -0.4 is 9.64 Å². The van der Waals surface area contributed by atoms with Crippen LogP contribution in [-0.4, -0.2) is 29.8 Å². The monoisotopic (exact) mass is 438 g/mol. The zero-order valence-corrected chi connectivity index (χ0v) is 18.0. The maximum Gasteiger partial charge on any atom is 0.239 e. The highest BCUT2D eigenvalue weighted by Crippen LogP contribution is 2.63. The summed E-state index contributed by atoms with van der Waals surface area (Å²) in [4.78, 5) is 29.4. The fourth-order valence-corrected chi connectivity index (χ4v) is 6.30. The maximum atomic E-state index is 14.1. The van der Waals surface area contributed by atoms with Gasteiger partial charge in [0.2, 0.25) is 11.8 Å². The van der Waals surface area contributed by atoms with Crippen molar-refractivity contribution >= 4 is 23.7 Å². The van der Waals surface area contributed by atoms with Gasteiger partial charge in [-0.25, -0.2) is 4.90 Å². The van der Waals surface area contributed by atoms with Gasteiger partial charge in [0, 0.05) is 5.92 Å². The van der Waals surface area contributed by atoms with Crippen LogP contribution in [-0.2, 0) is 15.0 Å². The summed E-state index contributed by atoms with van der Waals surface area (Å²) in [5.74, 6) is -1.63. The smallest absolute Gasteiger partial charge is 0.239 e. The fourth-order valence-electron chi connectivity index (χ4n) is 6.30. The van der Waals surface area contributed by atoms with E-state index in [0.29, 0.717) is 18.0 Å². The Hall–Kier alpha value is -3.93. The average Bonchev–Trinajstić information content (AvgIpc) is 3.11. The van der Waals surface area contributed by atoms with E-state index in [-0.39, 0.29) is 17.7 Å². The third-order valence-electron chi connectivity index (χ3n) is 7.35. The molecule has 1 saturated heterocycles. The second-order valence-corrected chi connectivity index (χ2v) is 8.68. The summed E-state index contributed by atoms with van der Waals surface area (Å²) in [7, 11) is 0. The van der Waals surface area contributed by atoms with E-state index in [1.54, 1.807) is 18.2 Å². The van der Waals surface area contributed by atoms with Gasteiger partial charge in [0.1, 0.15) is 5.75 Å². The number of hydrogen-bond donors (Lipinski definition) is 1. The summed E-state index contributed by atoms with van der Waals surface area (Å²) in [6, 6.07) is 22.9. The van der Waals surface area contributed by atoms with E-state index in [2.05, 4.69) is 5.16 Å². The van der Waals surface area contributed by atoms with Crippen LogP contribution in [0.5, 0.6) is 5.75 Å². The lowest BCUT2D eigenvalue weighted by atomic mass is 9.47. The molecule has 2 amide bonds. The van der Waals surface area contributed by atoms with Crippen molar-refractivity contribution in [2.45, 2.75) is 18.3 Å². The lowest BCUT2D eigenvalue weighted by molar-refractivity contribution is -0.122. The van der Waals surface area contributed by atoms with Crippen molar-refractivity contribution < 1.29 is 19.5 Å². The van der Waals surface area contributed by atoms with E-state index in [0.717, 1.165) is 22.3 Å². The molecular formula is C27H22N2O4. The molecule has 33 heavy (non-hydrogen) atoms. The normalized spacial score (nSPS) is 26.9. The number of carbonyl (C=O) groups is 2. The number of carbonyl (C=O) groups excluding carboxylic acids is 2. The summed E-state index contributed by atoms with van der Waals surface area (Å²) >= 11 is 0. The van der Waals surface area contributed by atoms with E-state index < -0.39 is 17.3 Å². The maximum absolute atomic E-state index is 14.1. The number of imide groups is 1. The van der Waals surface area contributed by atoms with Crippen LogP contribution in [0.25, 0.3) is 0 Å². The van der Waals surface area contributed by atoms with E-state index in [1.807, 2.05) is 61.5 Å².